The summed E-state index contributed by atoms with van der Waals surface area (Å²) >= 11 is 9.51. The Hall–Kier alpha value is -0.610. The van der Waals surface area contributed by atoms with E-state index < -0.39 is 0 Å². The van der Waals surface area contributed by atoms with Crippen molar-refractivity contribution in [3.05, 3.63) is 21.6 Å². The fourth-order valence-electron chi connectivity index (χ4n) is 1.37. The number of hydrogen-bond donors (Lipinski definition) is 1. The van der Waals surface area contributed by atoms with Gasteiger partial charge in [0.25, 0.3) is 0 Å². The summed E-state index contributed by atoms with van der Waals surface area (Å²) in [5.74, 6) is 1.12. The summed E-state index contributed by atoms with van der Waals surface area (Å²) in [5, 5.41) is 1.35. The molecule has 5 heteroatoms. The predicted molar refractivity (Wildman–Crippen MR) is 65.3 cm³/mol. The number of nitrogens with zero attached hydrogens (tertiary/aromatic N) is 2. The highest BCUT2D eigenvalue weighted by Crippen LogP contribution is 2.29. The number of fused-ring (bicyclic) bond motifs is 1. The Morgan fingerprint density at radius 1 is 1.53 bits per heavy atom. The summed E-state index contributed by atoms with van der Waals surface area (Å²) in [4.78, 5) is 11.8. The van der Waals surface area contributed by atoms with E-state index >= 15 is 0 Å². The van der Waals surface area contributed by atoms with Gasteiger partial charge in [0.1, 0.15) is 16.6 Å². The molecular formula is C10H11BrClN3. The van der Waals surface area contributed by atoms with Crippen molar-refractivity contribution in [2.45, 2.75) is 26.2 Å². The lowest BCUT2D eigenvalue weighted by Crippen LogP contribution is -2.00. The Morgan fingerprint density at radius 3 is 2.93 bits per heavy atom. The molecule has 80 valence electrons. The number of aromatic nitrogens is 3. The number of nitrogens with one attached hydrogen (secondary N) is 1. The Kier molecular flexibility index (Phi) is 2.98. The zero-order valence-corrected chi connectivity index (χ0v) is 10.9. The van der Waals surface area contributed by atoms with E-state index in [1.807, 2.05) is 6.20 Å². The predicted octanol–water partition coefficient (Wildman–Crippen LogP) is 3.89. The zero-order chi connectivity index (χ0) is 11.0. The fourth-order valence-corrected chi connectivity index (χ4v) is 2.25. The standard InChI is InChI=1S/C10H11BrClN3/c1-3-5(2)9-14-8(12)7-6(11)4-13-10(7)15-9/h4-5H,3H2,1-2H3,(H,13,14,15)/t5-/m1/s1. The third-order valence-corrected chi connectivity index (χ3v) is 3.41. The summed E-state index contributed by atoms with van der Waals surface area (Å²) < 4.78 is 0.901. The van der Waals surface area contributed by atoms with Crippen LogP contribution in [-0.4, -0.2) is 15.0 Å². The van der Waals surface area contributed by atoms with Gasteiger partial charge in [0.05, 0.1) is 5.39 Å². The van der Waals surface area contributed by atoms with Gasteiger partial charge in [-0.3, -0.25) is 0 Å². The first-order chi connectivity index (χ1) is 7.13. The van der Waals surface area contributed by atoms with Crippen LogP contribution in [0.4, 0.5) is 0 Å². The highest BCUT2D eigenvalue weighted by Gasteiger charge is 2.13. The van der Waals surface area contributed by atoms with Crippen LogP contribution in [0, 0.1) is 0 Å². The molecule has 2 heterocycles. The first-order valence-corrected chi connectivity index (χ1v) is 6.00. The molecule has 3 nitrogen and oxygen atoms in total. The van der Waals surface area contributed by atoms with Gasteiger partial charge in [-0.25, -0.2) is 9.97 Å². The molecule has 0 saturated heterocycles. The number of hydrogen-bond acceptors (Lipinski definition) is 2. The van der Waals surface area contributed by atoms with Crippen LogP contribution in [0.3, 0.4) is 0 Å². The molecule has 0 fully saturated rings. The summed E-state index contributed by atoms with van der Waals surface area (Å²) in [6.07, 6.45) is 2.83. The Balaban J connectivity index is 2.63. The number of H-pyrrole nitrogens is 1. The molecule has 0 radical (unpaired) electrons. The maximum atomic E-state index is 6.11. The summed E-state index contributed by atoms with van der Waals surface area (Å²) in [5.41, 5.74) is 0.789. The van der Waals surface area contributed by atoms with E-state index in [0.29, 0.717) is 11.1 Å². The van der Waals surface area contributed by atoms with Crippen molar-refractivity contribution in [3.63, 3.8) is 0 Å². The highest BCUT2D eigenvalue weighted by atomic mass is 79.9. The molecule has 0 unspecified atom stereocenters. The van der Waals surface area contributed by atoms with E-state index in [2.05, 4.69) is 44.7 Å². The van der Waals surface area contributed by atoms with Crippen LogP contribution in [0.5, 0.6) is 0 Å². The normalized spacial score (nSPS) is 13.3. The van der Waals surface area contributed by atoms with E-state index in [1.165, 1.54) is 0 Å². The molecule has 1 atom stereocenters. The van der Waals surface area contributed by atoms with E-state index in [0.717, 1.165) is 27.8 Å². The average molecular weight is 289 g/mol. The number of halogens is 2. The quantitative estimate of drug-likeness (QED) is 0.852. The zero-order valence-electron chi connectivity index (χ0n) is 8.51. The van der Waals surface area contributed by atoms with Crippen molar-refractivity contribution in [2.24, 2.45) is 0 Å². The molecule has 0 aliphatic rings. The molecule has 0 spiro atoms. The minimum Gasteiger partial charge on any atom is -0.345 e. The minimum atomic E-state index is 0.328. The molecule has 2 rings (SSSR count). The second kappa shape index (κ2) is 4.10. The third-order valence-electron chi connectivity index (χ3n) is 2.51. The van der Waals surface area contributed by atoms with Crippen LogP contribution in [0.15, 0.2) is 10.7 Å². The molecule has 0 aliphatic heterocycles. The molecule has 0 saturated carbocycles. The van der Waals surface area contributed by atoms with Gasteiger partial charge in [0, 0.05) is 16.6 Å². The van der Waals surface area contributed by atoms with E-state index in [-0.39, 0.29) is 0 Å². The maximum absolute atomic E-state index is 6.11. The van der Waals surface area contributed by atoms with Gasteiger partial charge in [0.2, 0.25) is 0 Å². The van der Waals surface area contributed by atoms with Crippen LogP contribution < -0.4 is 0 Å². The van der Waals surface area contributed by atoms with Crippen LogP contribution in [0.25, 0.3) is 11.0 Å². The largest absolute Gasteiger partial charge is 0.345 e. The molecule has 0 aliphatic carbocycles. The van der Waals surface area contributed by atoms with Gasteiger partial charge in [0.15, 0.2) is 0 Å². The van der Waals surface area contributed by atoms with Crippen LogP contribution in [0.2, 0.25) is 5.15 Å². The lowest BCUT2D eigenvalue weighted by Gasteiger charge is -2.07. The SMILES string of the molecule is CC[C@@H](C)c1nc(Cl)c2c(Br)c[nH]c2n1. The van der Waals surface area contributed by atoms with Crippen LogP contribution in [-0.2, 0) is 0 Å². The second-order valence-electron chi connectivity index (χ2n) is 3.54. The van der Waals surface area contributed by atoms with Crippen LogP contribution in [0.1, 0.15) is 32.0 Å². The molecule has 2 aromatic heterocycles. The van der Waals surface area contributed by atoms with Crippen molar-refractivity contribution in [1.29, 1.82) is 0 Å². The first kappa shape index (κ1) is 10.9. The first-order valence-electron chi connectivity index (χ1n) is 4.83. The molecule has 0 amide bonds. The average Bonchev–Trinajstić information content (AvgIpc) is 2.59. The van der Waals surface area contributed by atoms with E-state index in [1.54, 1.807) is 0 Å². The molecule has 1 N–H and O–H groups in total. The Morgan fingerprint density at radius 2 is 2.27 bits per heavy atom. The Bertz CT molecular complexity index is 495. The van der Waals surface area contributed by atoms with Gasteiger partial charge in [-0.15, -0.1) is 0 Å². The van der Waals surface area contributed by atoms with E-state index in [9.17, 15) is 0 Å². The van der Waals surface area contributed by atoms with Gasteiger partial charge >= 0.3 is 0 Å². The topological polar surface area (TPSA) is 41.6 Å². The maximum Gasteiger partial charge on any atom is 0.143 e. The van der Waals surface area contributed by atoms with Gasteiger partial charge in [-0.05, 0) is 22.4 Å². The molecule has 2 aromatic rings. The fraction of sp³-hybridized carbons (Fsp3) is 0.400. The smallest absolute Gasteiger partial charge is 0.143 e. The summed E-state index contributed by atoms with van der Waals surface area (Å²) in [6, 6.07) is 0. The Labute approximate surface area is 101 Å². The van der Waals surface area contributed by atoms with E-state index in [4.69, 9.17) is 11.6 Å². The van der Waals surface area contributed by atoms with Crippen molar-refractivity contribution in [1.82, 2.24) is 15.0 Å². The van der Waals surface area contributed by atoms with Gasteiger partial charge < -0.3 is 4.98 Å². The number of aromatic amines is 1. The lowest BCUT2D eigenvalue weighted by molar-refractivity contribution is 0.682. The second-order valence-corrected chi connectivity index (χ2v) is 4.75. The molecule has 15 heavy (non-hydrogen) atoms. The molecule has 0 bridgehead atoms. The number of rotatable bonds is 2. The van der Waals surface area contributed by atoms with Crippen molar-refractivity contribution < 1.29 is 0 Å². The monoisotopic (exact) mass is 287 g/mol. The highest BCUT2D eigenvalue weighted by molar-refractivity contribution is 9.10. The van der Waals surface area contributed by atoms with Gasteiger partial charge in [-0.1, -0.05) is 25.4 Å². The van der Waals surface area contributed by atoms with Crippen molar-refractivity contribution in [2.75, 3.05) is 0 Å². The third kappa shape index (κ3) is 1.88. The molecule has 0 aromatic carbocycles. The minimum absolute atomic E-state index is 0.328. The lowest BCUT2D eigenvalue weighted by atomic mass is 10.1. The van der Waals surface area contributed by atoms with Crippen LogP contribution >= 0.6 is 27.5 Å². The summed E-state index contributed by atoms with van der Waals surface area (Å²) in [7, 11) is 0. The molecular weight excluding hydrogens is 277 g/mol. The van der Waals surface area contributed by atoms with Crippen molar-refractivity contribution in [3.8, 4) is 0 Å². The van der Waals surface area contributed by atoms with Gasteiger partial charge in [-0.2, -0.15) is 0 Å². The van der Waals surface area contributed by atoms with Crippen molar-refractivity contribution >= 4 is 38.6 Å². The summed E-state index contributed by atoms with van der Waals surface area (Å²) in [6.45, 7) is 4.20.